The molecule has 2 amide bonds. The van der Waals surface area contributed by atoms with E-state index in [-0.39, 0.29) is 24.8 Å². The third-order valence-corrected chi connectivity index (χ3v) is 7.16. The van der Waals surface area contributed by atoms with Crippen molar-refractivity contribution in [2.75, 3.05) is 13.7 Å². The van der Waals surface area contributed by atoms with Crippen molar-refractivity contribution in [3.8, 4) is 0 Å². The molecule has 2 aromatic carbocycles. The number of hydrogen-bond donors (Lipinski definition) is 1. The first-order valence-electron chi connectivity index (χ1n) is 12.2. The summed E-state index contributed by atoms with van der Waals surface area (Å²) in [5.41, 5.74) is 9.34. The summed E-state index contributed by atoms with van der Waals surface area (Å²) >= 11 is 0. The maximum absolute atomic E-state index is 13.7. The zero-order valence-electron chi connectivity index (χ0n) is 19.9. The van der Waals surface area contributed by atoms with Gasteiger partial charge in [0.2, 0.25) is 5.91 Å². The van der Waals surface area contributed by atoms with Crippen molar-refractivity contribution < 1.29 is 19.1 Å². The van der Waals surface area contributed by atoms with Gasteiger partial charge in [0.25, 0.3) is 5.91 Å². The van der Waals surface area contributed by atoms with Gasteiger partial charge in [-0.2, -0.15) is 0 Å². The molecule has 0 spiro atoms. The maximum atomic E-state index is 13.7. The Hall–Kier alpha value is -3.58. The van der Waals surface area contributed by atoms with Crippen LogP contribution in [-0.2, 0) is 14.3 Å². The van der Waals surface area contributed by atoms with Gasteiger partial charge in [-0.1, -0.05) is 67.6 Å². The second kappa shape index (κ2) is 11.2. The molecule has 1 aliphatic carbocycles. The Morgan fingerprint density at radius 1 is 1.14 bits per heavy atom. The summed E-state index contributed by atoms with van der Waals surface area (Å²) in [5.74, 6) is -0.894. The van der Waals surface area contributed by atoms with Crippen LogP contribution in [0.3, 0.4) is 0 Å². The van der Waals surface area contributed by atoms with Crippen molar-refractivity contribution in [1.82, 2.24) is 10.2 Å². The fourth-order valence-corrected chi connectivity index (χ4v) is 5.32. The molecule has 1 N–H and O–H groups in total. The maximum Gasteiger partial charge on any atom is 0.328 e. The van der Waals surface area contributed by atoms with Crippen LogP contribution in [0.4, 0.5) is 0 Å². The molecule has 1 aliphatic heterocycles. The summed E-state index contributed by atoms with van der Waals surface area (Å²) < 4.78 is 4.91. The third-order valence-electron chi connectivity index (χ3n) is 7.16. The molecular weight excluding hydrogens is 446 g/mol. The minimum Gasteiger partial charge on any atom is -0.467 e. The fraction of sp³-hybridized carbons (Fsp3) is 0.500. The number of ether oxygens (including phenoxy) is 1. The van der Waals surface area contributed by atoms with E-state index < -0.39 is 24.1 Å². The van der Waals surface area contributed by atoms with Gasteiger partial charge in [0.15, 0.2) is 0 Å². The topological polar surface area (TPSA) is 124 Å². The number of fused-ring (bicyclic) bond motifs is 1. The molecule has 3 atom stereocenters. The predicted octanol–water partition coefficient (Wildman–Crippen LogP) is 4.36. The van der Waals surface area contributed by atoms with E-state index in [9.17, 15) is 14.4 Å². The first-order valence-corrected chi connectivity index (χ1v) is 12.2. The first-order chi connectivity index (χ1) is 17.0. The van der Waals surface area contributed by atoms with E-state index in [1.165, 1.54) is 18.4 Å². The van der Waals surface area contributed by atoms with Crippen molar-refractivity contribution in [2.45, 2.75) is 63.1 Å². The number of rotatable bonds is 7. The van der Waals surface area contributed by atoms with Gasteiger partial charge in [0.1, 0.15) is 12.1 Å². The van der Waals surface area contributed by atoms with Crippen LogP contribution in [0, 0.1) is 5.92 Å². The number of azide groups is 1. The van der Waals surface area contributed by atoms with Crippen LogP contribution in [0.1, 0.15) is 55.3 Å². The van der Waals surface area contributed by atoms with Crippen LogP contribution in [0.25, 0.3) is 21.2 Å². The van der Waals surface area contributed by atoms with E-state index in [2.05, 4.69) is 15.3 Å². The molecule has 9 nitrogen and oxygen atoms in total. The largest absolute Gasteiger partial charge is 0.467 e. The molecule has 1 saturated heterocycles. The monoisotopic (exact) mass is 477 g/mol. The molecule has 0 aromatic heterocycles. The number of esters is 1. The molecule has 184 valence electrons. The van der Waals surface area contributed by atoms with E-state index >= 15 is 0 Å². The van der Waals surface area contributed by atoms with Gasteiger partial charge in [0, 0.05) is 17.0 Å². The van der Waals surface area contributed by atoms with Gasteiger partial charge >= 0.3 is 5.97 Å². The summed E-state index contributed by atoms with van der Waals surface area (Å²) in [6.45, 7) is 0.121. The van der Waals surface area contributed by atoms with E-state index in [4.69, 9.17) is 10.3 Å². The number of likely N-dealkylation sites (tertiary alicyclic amines) is 1. The number of amides is 2. The molecule has 35 heavy (non-hydrogen) atoms. The summed E-state index contributed by atoms with van der Waals surface area (Å²) in [6, 6.07) is 11.1. The normalized spacial score (nSPS) is 21.2. The summed E-state index contributed by atoms with van der Waals surface area (Å²) in [6.07, 6.45) is 6.14. The molecule has 0 radical (unpaired) electrons. The fourth-order valence-electron chi connectivity index (χ4n) is 5.32. The van der Waals surface area contributed by atoms with Gasteiger partial charge in [-0.3, -0.25) is 9.59 Å². The smallest absolute Gasteiger partial charge is 0.328 e. The van der Waals surface area contributed by atoms with Gasteiger partial charge in [-0.15, -0.1) is 0 Å². The zero-order chi connectivity index (χ0) is 24.8. The van der Waals surface area contributed by atoms with E-state index in [0.29, 0.717) is 17.9 Å². The Morgan fingerprint density at radius 3 is 2.60 bits per heavy atom. The summed E-state index contributed by atoms with van der Waals surface area (Å²) in [5, 5.41) is 8.66. The summed E-state index contributed by atoms with van der Waals surface area (Å²) in [4.78, 5) is 43.7. The highest BCUT2D eigenvalue weighted by atomic mass is 16.5. The minimum absolute atomic E-state index is 0.121. The Bertz CT molecular complexity index is 1140. The Morgan fingerprint density at radius 2 is 1.89 bits per heavy atom. The van der Waals surface area contributed by atoms with Crippen molar-refractivity contribution in [3.05, 3.63) is 58.5 Å². The molecular formula is C26H31N5O4. The van der Waals surface area contributed by atoms with Gasteiger partial charge in [0.05, 0.1) is 13.2 Å². The van der Waals surface area contributed by atoms with Crippen LogP contribution in [0.2, 0.25) is 0 Å². The van der Waals surface area contributed by atoms with Gasteiger partial charge < -0.3 is 15.0 Å². The standard InChI is InChI=1S/C26H31N5O4/c1-35-26(34)23-15-21(29-30-27)16-31(23)25(33)22(13-17-7-3-2-4-8-17)28-24(32)20-12-11-18-9-5-6-10-19(18)14-20/h5-6,9-12,14,17,21-23H,2-4,7-8,13,15-16H2,1H3,(H,28,32)/t21-,22+,23-/m0/s1. The number of benzene rings is 2. The van der Waals surface area contributed by atoms with Crippen LogP contribution in [0.15, 0.2) is 47.6 Å². The lowest BCUT2D eigenvalue weighted by Crippen LogP contribution is -2.52. The Balaban J connectivity index is 1.58. The Labute approximate surface area is 204 Å². The molecule has 9 heteroatoms. The number of carbonyl (C=O) groups is 3. The van der Waals surface area contributed by atoms with Crippen LogP contribution < -0.4 is 5.32 Å². The minimum atomic E-state index is -0.838. The second-order valence-corrected chi connectivity index (χ2v) is 9.45. The molecule has 1 heterocycles. The van der Waals surface area contributed by atoms with Crippen molar-refractivity contribution in [2.24, 2.45) is 11.0 Å². The molecule has 0 unspecified atom stereocenters. The van der Waals surface area contributed by atoms with Crippen molar-refractivity contribution in [3.63, 3.8) is 0 Å². The highest BCUT2D eigenvalue weighted by molar-refractivity contribution is 6.01. The molecule has 2 fully saturated rings. The average molecular weight is 478 g/mol. The van der Waals surface area contributed by atoms with Crippen LogP contribution in [-0.4, -0.2) is 54.5 Å². The van der Waals surface area contributed by atoms with Crippen molar-refractivity contribution in [1.29, 1.82) is 0 Å². The predicted molar refractivity (Wildman–Crippen MR) is 131 cm³/mol. The number of carbonyl (C=O) groups excluding carboxylic acids is 3. The summed E-state index contributed by atoms with van der Waals surface area (Å²) in [7, 11) is 1.27. The lowest BCUT2D eigenvalue weighted by Gasteiger charge is -2.31. The molecule has 4 rings (SSSR count). The SMILES string of the molecule is COC(=O)[C@@H]1C[C@H](N=[N+]=[N-])CN1C(=O)[C@@H](CC1CCCCC1)NC(=O)c1ccc2ccccc2c1. The van der Waals surface area contributed by atoms with E-state index in [1.54, 1.807) is 6.07 Å². The van der Waals surface area contributed by atoms with Crippen LogP contribution >= 0.6 is 0 Å². The highest BCUT2D eigenvalue weighted by Gasteiger charge is 2.42. The molecule has 0 bridgehead atoms. The molecule has 1 saturated carbocycles. The lowest BCUT2D eigenvalue weighted by atomic mass is 9.84. The van der Waals surface area contributed by atoms with E-state index in [0.717, 1.165) is 36.5 Å². The van der Waals surface area contributed by atoms with E-state index in [1.807, 2.05) is 36.4 Å². The number of methoxy groups -OCH3 is 1. The lowest BCUT2D eigenvalue weighted by molar-refractivity contribution is -0.151. The molecule has 2 aromatic rings. The second-order valence-electron chi connectivity index (χ2n) is 9.45. The quantitative estimate of drug-likeness (QED) is 0.275. The van der Waals surface area contributed by atoms with Gasteiger partial charge in [-0.05, 0) is 47.2 Å². The number of nitrogens with zero attached hydrogens (tertiary/aromatic N) is 4. The van der Waals surface area contributed by atoms with Crippen molar-refractivity contribution >= 4 is 28.6 Å². The van der Waals surface area contributed by atoms with Gasteiger partial charge in [-0.25, -0.2) is 4.79 Å². The number of nitrogens with one attached hydrogen (secondary N) is 1. The highest BCUT2D eigenvalue weighted by Crippen LogP contribution is 2.30. The third kappa shape index (κ3) is 5.74. The average Bonchev–Trinajstić information content (AvgIpc) is 3.31. The van der Waals surface area contributed by atoms with Crippen LogP contribution in [0.5, 0.6) is 0 Å². The number of hydrogen-bond acceptors (Lipinski definition) is 5. The first kappa shape index (κ1) is 24.5. The zero-order valence-corrected chi connectivity index (χ0v) is 19.9. The molecule has 2 aliphatic rings. The Kier molecular flexibility index (Phi) is 7.87.